The van der Waals surface area contributed by atoms with Crippen LogP contribution in [0.25, 0.3) is 0 Å². The predicted octanol–water partition coefficient (Wildman–Crippen LogP) is 2.54. The zero-order valence-electron chi connectivity index (χ0n) is 13.7. The van der Waals surface area contributed by atoms with Gasteiger partial charge in [0.15, 0.2) is 0 Å². The molecule has 0 aliphatic carbocycles. The molecule has 1 aliphatic heterocycles. The van der Waals surface area contributed by atoms with Crippen LogP contribution in [0.4, 0.5) is 0 Å². The summed E-state index contributed by atoms with van der Waals surface area (Å²) in [4.78, 5) is 22.5. The van der Waals surface area contributed by atoms with E-state index in [9.17, 15) is 9.59 Å². The lowest BCUT2D eigenvalue weighted by molar-refractivity contribution is -0.145. The number of carboxylic acids is 1. The van der Waals surface area contributed by atoms with Crippen molar-refractivity contribution in [2.24, 2.45) is 5.41 Å². The lowest BCUT2D eigenvalue weighted by Crippen LogP contribution is -2.55. The van der Waals surface area contributed by atoms with Crippen molar-refractivity contribution in [3.63, 3.8) is 0 Å². The van der Waals surface area contributed by atoms with Gasteiger partial charge in [0.1, 0.15) is 0 Å². The maximum Gasteiger partial charge on any atom is 0.306 e. The highest BCUT2D eigenvalue weighted by atomic mass is 16.5. The lowest BCUT2D eigenvalue weighted by atomic mass is 9.68. The van der Waals surface area contributed by atoms with Crippen molar-refractivity contribution in [2.75, 3.05) is 20.7 Å². The molecule has 0 radical (unpaired) electrons. The summed E-state index contributed by atoms with van der Waals surface area (Å²) in [6.07, 6.45) is 2.51. The van der Waals surface area contributed by atoms with E-state index in [0.29, 0.717) is 11.0 Å². The number of piperidine rings is 1. The summed E-state index contributed by atoms with van der Waals surface area (Å²) < 4.78 is 4.20. The van der Waals surface area contributed by atoms with Crippen LogP contribution >= 0.6 is 0 Å². The summed E-state index contributed by atoms with van der Waals surface area (Å²) in [5, 5.41) is 8.05. The first-order valence-electron chi connectivity index (χ1n) is 7.04. The molecule has 1 saturated heterocycles. The van der Waals surface area contributed by atoms with Crippen LogP contribution in [-0.2, 0) is 14.3 Å². The van der Waals surface area contributed by atoms with Gasteiger partial charge in [-0.05, 0) is 45.7 Å². The molecule has 0 aromatic heterocycles. The van der Waals surface area contributed by atoms with Gasteiger partial charge in [-0.25, -0.2) is 0 Å². The molecule has 5 heteroatoms. The average Bonchev–Trinajstić information content (AvgIpc) is 2.34. The molecular weight excluding hydrogens is 258 g/mol. The third kappa shape index (κ3) is 5.49. The van der Waals surface area contributed by atoms with E-state index in [2.05, 4.69) is 44.4 Å². The van der Waals surface area contributed by atoms with Gasteiger partial charge in [0.2, 0.25) is 0 Å². The molecule has 1 aliphatic rings. The first kappa shape index (κ1) is 18.9. The second-order valence-corrected chi connectivity index (χ2v) is 6.44. The minimum absolute atomic E-state index is 0.0498. The van der Waals surface area contributed by atoms with E-state index in [1.807, 2.05) is 0 Å². The fraction of sp³-hybridized carbons (Fsp3) is 0.867. The van der Waals surface area contributed by atoms with Crippen LogP contribution in [0.5, 0.6) is 0 Å². The van der Waals surface area contributed by atoms with Gasteiger partial charge in [0, 0.05) is 5.54 Å². The van der Waals surface area contributed by atoms with Crippen LogP contribution in [0.15, 0.2) is 0 Å². The Balaban J connectivity index is 0.000000370. The molecule has 0 atom stereocenters. The smallest absolute Gasteiger partial charge is 0.306 e. The first-order chi connectivity index (χ1) is 9.04. The van der Waals surface area contributed by atoms with E-state index in [4.69, 9.17) is 5.11 Å². The van der Waals surface area contributed by atoms with Crippen LogP contribution in [0.2, 0.25) is 0 Å². The number of nitrogens with zero attached hydrogens (tertiary/aromatic N) is 1. The fourth-order valence-electron chi connectivity index (χ4n) is 2.17. The molecule has 1 heterocycles. The molecule has 0 amide bonds. The van der Waals surface area contributed by atoms with E-state index in [1.54, 1.807) is 0 Å². The second-order valence-electron chi connectivity index (χ2n) is 6.44. The van der Waals surface area contributed by atoms with E-state index >= 15 is 0 Å². The molecule has 1 N–H and O–H groups in total. The SMILES string of the molecule is CN1CCCC(C)(C)C1(C)C.COC(=O)CCC(=O)O. The number of methoxy groups -OCH3 is 1. The largest absolute Gasteiger partial charge is 0.481 e. The maximum absolute atomic E-state index is 10.2. The Bertz CT molecular complexity index is 337. The molecule has 118 valence electrons. The number of rotatable bonds is 3. The van der Waals surface area contributed by atoms with E-state index < -0.39 is 11.9 Å². The number of carbonyl (C=O) groups is 2. The first-order valence-corrected chi connectivity index (χ1v) is 7.04. The third-order valence-electron chi connectivity index (χ3n) is 4.68. The van der Waals surface area contributed by atoms with Crippen LogP contribution < -0.4 is 0 Å². The van der Waals surface area contributed by atoms with Crippen molar-refractivity contribution in [3.8, 4) is 0 Å². The maximum atomic E-state index is 10.2. The highest BCUT2D eigenvalue weighted by Gasteiger charge is 2.42. The monoisotopic (exact) mass is 287 g/mol. The summed E-state index contributed by atoms with van der Waals surface area (Å²) in [6.45, 7) is 10.7. The van der Waals surface area contributed by atoms with Crippen LogP contribution in [0.3, 0.4) is 0 Å². The number of aliphatic carboxylic acids is 1. The number of carboxylic acid groups (broad SMARTS) is 1. The van der Waals surface area contributed by atoms with E-state index in [0.717, 1.165) is 0 Å². The topological polar surface area (TPSA) is 66.8 Å². The molecule has 0 saturated carbocycles. The summed E-state index contributed by atoms with van der Waals surface area (Å²) in [5.41, 5.74) is 0.839. The summed E-state index contributed by atoms with van der Waals surface area (Å²) in [5.74, 6) is -1.47. The molecule has 0 spiro atoms. The zero-order chi connectivity index (χ0) is 16.0. The summed E-state index contributed by atoms with van der Waals surface area (Å²) in [7, 11) is 3.46. The Labute approximate surface area is 122 Å². The Hall–Kier alpha value is -1.10. The number of likely N-dealkylation sites (tertiary alicyclic amines) is 1. The van der Waals surface area contributed by atoms with Gasteiger partial charge in [0.25, 0.3) is 0 Å². The molecule has 5 nitrogen and oxygen atoms in total. The quantitative estimate of drug-likeness (QED) is 0.808. The van der Waals surface area contributed by atoms with Crippen molar-refractivity contribution in [1.82, 2.24) is 4.90 Å². The Kier molecular flexibility index (Phi) is 7.20. The van der Waals surface area contributed by atoms with Gasteiger partial charge in [-0.3, -0.25) is 9.59 Å². The fourth-order valence-corrected chi connectivity index (χ4v) is 2.17. The highest BCUT2D eigenvalue weighted by molar-refractivity contribution is 5.76. The van der Waals surface area contributed by atoms with Crippen molar-refractivity contribution >= 4 is 11.9 Å². The Morgan fingerprint density at radius 1 is 1.20 bits per heavy atom. The van der Waals surface area contributed by atoms with Crippen molar-refractivity contribution in [1.29, 1.82) is 0 Å². The molecular formula is C15H29NO4. The molecule has 0 aromatic rings. The van der Waals surface area contributed by atoms with Gasteiger partial charge < -0.3 is 14.7 Å². The van der Waals surface area contributed by atoms with Crippen molar-refractivity contribution < 1.29 is 19.4 Å². The van der Waals surface area contributed by atoms with Gasteiger partial charge in [-0.15, -0.1) is 0 Å². The van der Waals surface area contributed by atoms with E-state index in [-0.39, 0.29) is 12.8 Å². The summed E-state index contributed by atoms with van der Waals surface area (Å²) in [6, 6.07) is 0. The van der Waals surface area contributed by atoms with Crippen molar-refractivity contribution in [2.45, 2.75) is 58.9 Å². The molecule has 1 rings (SSSR count). The summed E-state index contributed by atoms with van der Waals surface area (Å²) >= 11 is 0. The zero-order valence-corrected chi connectivity index (χ0v) is 13.7. The number of carbonyl (C=O) groups excluding carboxylic acids is 1. The molecule has 0 aromatic carbocycles. The molecule has 0 unspecified atom stereocenters. The minimum atomic E-state index is -0.986. The van der Waals surface area contributed by atoms with E-state index in [1.165, 1.54) is 26.5 Å². The standard InChI is InChI=1S/C10H21N.C5H8O4/c1-9(2)7-6-8-11(5)10(9,3)4;1-9-5(8)3-2-4(6)7/h6-8H2,1-5H3;2-3H2,1H3,(H,6,7). The van der Waals surface area contributed by atoms with Crippen LogP contribution in [0.1, 0.15) is 53.4 Å². The second kappa shape index (κ2) is 7.62. The van der Waals surface area contributed by atoms with Gasteiger partial charge in [0.05, 0.1) is 20.0 Å². The Morgan fingerprint density at radius 3 is 2.10 bits per heavy atom. The highest BCUT2D eigenvalue weighted by Crippen LogP contribution is 2.42. The van der Waals surface area contributed by atoms with Gasteiger partial charge in [-0.2, -0.15) is 0 Å². The molecule has 20 heavy (non-hydrogen) atoms. The number of ether oxygens (including phenoxy) is 1. The predicted molar refractivity (Wildman–Crippen MR) is 78.6 cm³/mol. The minimum Gasteiger partial charge on any atom is -0.481 e. The van der Waals surface area contributed by atoms with Crippen LogP contribution in [-0.4, -0.2) is 48.2 Å². The number of hydrogen-bond acceptors (Lipinski definition) is 4. The molecule has 1 fully saturated rings. The third-order valence-corrected chi connectivity index (χ3v) is 4.68. The number of hydrogen-bond donors (Lipinski definition) is 1. The lowest BCUT2D eigenvalue weighted by Gasteiger charge is -2.52. The van der Waals surface area contributed by atoms with Gasteiger partial charge in [-0.1, -0.05) is 13.8 Å². The number of esters is 1. The van der Waals surface area contributed by atoms with Gasteiger partial charge >= 0.3 is 11.9 Å². The molecule has 0 bridgehead atoms. The van der Waals surface area contributed by atoms with Crippen molar-refractivity contribution in [3.05, 3.63) is 0 Å². The average molecular weight is 287 g/mol. The Morgan fingerprint density at radius 2 is 1.75 bits per heavy atom. The normalized spacial score (nSPS) is 20.5. The van der Waals surface area contributed by atoms with Crippen LogP contribution in [0, 0.1) is 5.41 Å².